The first-order chi connectivity index (χ1) is 6.02. The topological polar surface area (TPSA) is 53.1 Å². The quantitative estimate of drug-likeness (QED) is 0.500. The number of hydrogen-bond acceptors (Lipinski definition) is 2. The fourth-order valence-corrected chi connectivity index (χ4v) is 1.77. The zero-order valence-electron chi connectivity index (χ0n) is 8.88. The van der Waals surface area contributed by atoms with Gasteiger partial charge in [0.15, 0.2) is 0 Å². The number of nitrogens with two attached hydrogens (primary N) is 1. The van der Waals surface area contributed by atoms with Gasteiger partial charge in [0.1, 0.15) is 0 Å². The van der Waals surface area contributed by atoms with Crippen molar-refractivity contribution in [1.29, 1.82) is 5.41 Å². The van der Waals surface area contributed by atoms with Crippen LogP contribution in [0.2, 0.25) is 0 Å². The molecule has 3 nitrogen and oxygen atoms in total. The van der Waals surface area contributed by atoms with Crippen molar-refractivity contribution >= 4 is 5.84 Å². The Morgan fingerprint density at radius 1 is 1.54 bits per heavy atom. The molecule has 3 heteroatoms. The molecule has 0 aliphatic heterocycles. The lowest BCUT2D eigenvalue weighted by atomic mass is 10.1. The van der Waals surface area contributed by atoms with Crippen LogP contribution in [0, 0.1) is 11.3 Å². The minimum Gasteiger partial charge on any atom is -0.388 e. The van der Waals surface area contributed by atoms with Gasteiger partial charge in [0, 0.05) is 18.5 Å². The highest BCUT2D eigenvalue weighted by Crippen LogP contribution is 2.35. The highest BCUT2D eigenvalue weighted by atomic mass is 15.2. The normalized spacial score (nSPS) is 21.5. The van der Waals surface area contributed by atoms with Crippen molar-refractivity contribution in [3.05, 3.63) is 0 Å². The Morgan fingerprint density at radius 3 is 2.46 bits per heavy atom. The molecular formula is C10H21N3. The fourth-order valence-electron chi connectivity index (χ4n) is 1.77. The average Bonchev–Trinajstić information content (AvgIpc) is 2.82. The molecule has 0 amide bonds. The van der Waals surface area contributed by atoms with Gasteiger partial charge < -0.3 is 10.6 Å². The van der Waals surface area contributed by atoms with E-state index in [-0.39, 0.29) is 0 Å². The van der Waals surface area contributed by atoms with Crippen molar-refractivity contribution in [2.75, 3.05) is 7.05 Å². The van der Waals surface area contributed by atoms with Crippen LogP contribution in [0.5, 0.6) is 0 Å². The van der Waals surface area contributed by atoms with Crippen molar-refractivity contribution < 1.29 is 0 Å². The summed E-state index contributed by atoms with van der Waals surface area (Å²) >= 11 is 0. The van der Waals surface area contributed by atoms with Gasteiger partial charge in [-0.15, -0.1) is 0 Å². The second kappa shape index (κ2) is 4.09. The molecule has 0 aromatic rings. The lowest BCUT2D eigenvalue weighted by Gasteiger charge is -2.30. The molecule has 2 unspecified atom stereocenters. The standard InChI is InChI=1S/C10H21N3/c1-7(6-10(11)12)13(3)8(2)9-4-5-9/h7-9H,4-6H2,1-3H3,(H3,11,12). The van der Waals surface area contributed by atoms with Crippen molar-refractivity contribution in [1.82, 2.24) is 4.90 Å². The van der Waals surface area contributed by atoms with Gasteiger partial charge in [-0.2, -0.15) is 0 Å². The predicted molar refractivity (Wildman–Crippen MR) is 55.9 cm³/mol. The summed E-state index contributed by atoms with van der Waals surface area (Å²) in [5.74, 6) is 1.18. The Morgan fingerprint density at radius 2 is 2.08 bits per heavy atom. The number of nitrogens with one attached hydrogen (secondary N) is 1. The molecule has 2 atom stereocenters. The van der Waals surface area contributed by atoms with Crippen molar-refractivity contribution in [2.24, 2.45) is 11.7 Å². The summed E-state index contributed by atoms with van der Waals surface area (Å²) in [5, 5.41) is 7.23. The summed E-state index contributed by atoms with van der Waals surface area (Å²) in [4.78, 5) is 2.35. The van der Waals surface area contributed by atoms with Crippen LogP contribution in [0.3, 0.4) is 0 Å². The van der Waals surface area contributed by atoms with Gasteiger partial charge in [0.25, 0.3) is 0 Å². The van der Waals surface area contributed by atoms with Crippen LogP contribution in [0.1, 0.15) is 33.1 Å². The van der Waals surface area contributed by atoms with Gasteiger partial charge in [0.05, 0.1) is 5.84 Å². The molecule has 76 valence electrons. The lowest BCUT2D eigenvalue weighted by molar-refractivity contribution is 0.181. The minimum atomic E-state index is 0.294. The van der Waals surface area contributed by atoms with Gasteiger partial charge in [-0.3, -0.25) is 5.41 Å². The molecule has 1 aliphatic carbocycles. The third kappa shape index (κ3) is 2.99. The van der Waals surface area contributed by atoms with E-state index in [1.807, 2.05) is 0 Å². The summed E-state index contributed by atoms with van der Waals surface area (Å²) in [6.07, 6.45) is 3.43. The molecule has 0 bridgehead atoms. The maximum atomic E-state index is 7.23. The number of rotatable bonds is 5. The molecule has 0 saturated heterocycles. The smallest absolute Gasteiger partial charge is 0.0920 e. The van der Waals surface area contributed by atoms with Crippen LogP contribution >= 0.6 is 0 Å². The van der Waals surface area contributed by atoms with Gasteiger partial charge in [-0.05, 0) is 39.7 Å². The molecule has 0 heterocycles. The van der Waals surface area contributed by atoms with E-state index in [4.69, 9.17) is 11.1 Å². The molecule has 3 N–H and O–H groups in total. The maximum absolute atomic E-state index is 7.23. The number of hydrogen-bond donors (Lipinski definition) is 2. The van der Waals surface area contributed by atoms with Gasteiger partial charge in [-0.1, -0.05) is 0 Å². The lowest BCUT2D eigenvalue weighted by Crippen LogP contribution is -2.40. The number of amidine groups is 1. The minimum absolute atomic E-state index is 0.294. The van der Waals surface area contributed by atoms with E-state index in [9.17, 15) is 0 Å². The molecule has 1 saturated carbocycles. The molecule has 13 heavy (non-hydrogen) atoms. The summed E-state index contributed by atoms with van der Waals surface area (Å²) in [5.41, 5.74) is 5.38. The van der Waals surface area contributed by atoms with E-state index >= 15 is 0 Å². The first-order valence-corrected chi connectivity index (χ1v) is 5.07. The summed E-state index contributed by atoms with van der Waals surface area (Å²) in [7, 11) is 2.14. The van der Waals surface area contributed by atoms with E-state index in [0.29, 0.717) is 24.3 Å². The second-order valence-electron chi connectivity index (χ2n) is 4.32. The monoisotopic (exact) mass is 183 g/mol. The molecule has 1 aliphatic rings. The molecule has 0 radical (unpaired) electrons. The third-order valence-electron chi connectivity index (χ3n) is 3.16. The van der Waals surface area contributed by atoms with Gasteiger partial charge >= 0.3 is 0 Å². The molecule has 0 spiro atoms. The van der Waals surface area contributed by atoms with Gasteiger partial charge in [0.2, 0.25) is 0 Å². The fraction of sp³-hybridized carbons (Fsp3) is 0.900. The highest BCUT2D eigenvalue weighted by molar-refractivity contribution is 5.77. The van der Waals surface area contributed by atoms with E-state index in [2.05, 4.69) is 25.8 Å². The predicted octanol–water partition coefficient (Wildman–Crippen LogP) is 1.43. The maximum Gasteiger partial charge on any atom is 0.0920 e. The molecule has 1 fully saturated rings. The Labute approximate surface area is 80.8 Å². The molecule has 1 rings (SSSR count). The molecule has 0 aromatic carbocycles. The van der Waals surface area contributed by atoms with Crippen LogP contribution < -0.4 is 5.73 Å². The van der Waals surface area contributed by atoms with E-state index < -0.39 is 0 Å². The summed E-state index contributed by atoms with van der Waals surface area (Å²) in [6, 6.07) is 1.04. The SMILES string of the molecule is CC(CC(=N)N)N(C)C(C)C1CC1. The first kappa shape index (κ1) is 10.5. The van der Waals surface area contributed by atoms with Crippen LogP contribution in [0.25, 0.3) is 0 Å². The van der Waals surface area contributed by atoms with Crippen LogP contribution in [0.15, 0.2) is 0 Å². The summed E-state index contributed by atoms with van der Waals surface area (Å²) in [6.45, 7) is 4.41. The van der Waals surface area contributed by atoms with E-state index in [1.165, 1.54) is 12.8 Å². The van der Waals surface area contributed by atoms with Crippen LogP contribution in [-0.2, 0) is 0 Å². The zero-order valence-corrected chi connectivity index (χ0v) is 8.88. The highest BCUT2D eigenvalue weighted by Gasteiger charge is 2.31. The Kier molecular flexibility index (Phi) is 3.31. The Hall–Kier alpha value is -0.570. The Balaban J connectivity index is 2.35. The van der Waals surface area contributed by atoms with Crippen LogP contribution in [-0.4, -0.2) is 29.9 Å². The molecular weight excluding hydrogens is 162 g/mol. The first-order valence-electron chi connectivity index (χ1n) is 5.07. The zero-order chi connectivity index (χ0) is 10.0. The van der Waals surface area contributed by atoms with Gasteiger partial charge in [-0.25, -0.2) is 0 Å². The number of nitrogens with zero attached hydrogens (tertiary/aromatic N) is 1. The van der Waals surface area contributed by atoms with Crippen LogP contribution in [0.4, 0.5) is 0 Å². The second-order valence-corrected chi connectivity index (χ2v) is 4.32. The van der Waals surface area contributed by atoms with Crippen molar-refractivity contribution in [3.63, 3.8) is 0 Å². The van der Waals surface area contributed by atoms with E-state index in [1.54, 1.807) is 0 Å². The van der Waals surface area contributed by atoms with Crippen molar-refractivity contribution in [2.45, 2.75) is 45.2 Å². The average molecular weight is 183 g/mol. The molecule has 0 aromatic heterocycles. The Bertz CT molecular complexity index is 187. The van der Waals surface area contributed by atoms with Crippen molar-refractivity contribution in [3.8, 4) is 0 Å². The third-order valence-corrected chi connectivity index (χ3v) is 3.16. The van der Waals surface area contributed by atoms with E-state index in [0.717, 1.165) is 5.92 Å². The summed E-state index contributed by atoms with van der Waals surface area (Å²) < 4.78 is 0. The largest absolute Gasteiger partial charge is 0.388 e.